The van der Waals surface area contributed by atoms with Crippen LogP contribution in [0.1, 0.15) is 87.5 Å². The molecule has 11 heteroatoms. The summed E-state index contributed by atoms with van der Waals surface area (Å²) in [6, 6.07) is 0. The average molecular weight is 612 g/mol. The molecule has 2 N–H and O–H groups in total. The molecule has 228 valence electrons. The van der Waals surface area contributed by atoms with E-state index in [1.54, 1.807) is 0 Å². The van der Waals surface area contributed by atoms with Crippen molar-refractivity contribution in [2.24, 2.45) is 5.73 Å². The molecule has 1 amide bonds. The molecule has 0 spiro atoms. The van der Waals surface area contributed by atoms with Gasteiger partial charge in [-0.2, -0.15) is 0 Å². The van der Waals surface area contributed by atoms with E-state index in [0.29, 0.717) is 0 Å². The Morgan fingerprint density at radius 3 is 1.90 bits per heavy atom. The summed E-state index contributed by atoms with van der Waals surface area (Å²) >= 11 is 0. The molecule has 8 nitrogen and oxygen atoms in total. The molecule has 0 aliphatic carbocycles. The number of terminal acetylenes is 1. The van der Waals surface area contributed by atoms with E-state index in [-0.39, 0.29) is 39.4 Å². The first-order valence-electron chi connectivity index (χ1n) is 15.1. The van der Waals surface area contributed by atoms with Crippen molar-refractivity contribution < 1.29 is 25.6 Å². The van der Waals surface area contributed by atoms with Crippen molar-refractivity contribution in [1.82, 2.24) is 9.55 Å². The van der Waals surface area contributed by atoms with Gasteiger partial charge >= 0.3 is 0 Å². The average Bonchev–Trinajstić information content (AvgIpc) is 3.26. The van der Waals surface area contributed by atoms with Gasteiger partial charge in [-0.1, -0.05) is 62.3 Å². The highest BCUT2D eigenvalue weighted by Gasteiger charge is 2.55. The van der Waals surface area contributed by atoms with Gasteiger partial charge in [0.1, 0.15) is 26.7 Å². The first kappa shape index (κ1) is 31.7. The second-order valence-corrected chi connectivity index (χ2v) is 29.9. The molecular formula is C29H55N3O5Si3. The summed E-state index contributed by atoms with van der Waals surface area (Å²) in [7, 11) is -6.96. The number of primary amides is 1. The lowest BCUT2D eigenvalue weighted by atomic mass is 10.1. The number of aromatic nitrogens is 2. The lowest BCUT2D eigenvalue weighted by molar-refractivity contribution is -0.0491. The second kappa shape index (κ2) is 11.4. The van der Waals surface area contributed by atoms with E-state index < -0.39 is 55.4 Å². The van der Waals surface area contributed by atoms with Gasteiger partial charge in [-0.3, -0.25) is 9.36 Å². The monoisotopic (exact) mass is 611 g/mol. The number of hydrogen-bond donors (Lipinski definition) is 1. The maximum Gasteiger partial charge on any atom is 0.270 e. The number of carbonyl (C=O) groups is 1. The summed E-state index contributed by atoms with van der Waals surface area (Å²) in [6.45, 7) is 33.1. The predicted octanol–water partition coefficient (Wildman–Crippen LogP) is 6.66. The highest BCUT2D eigenvalue weighted by Crippen LogP contribution is 2.46. The number of nitrogens with zero attached hydrogens (tertiary/aromatic N) is 2. The lowest BCUT2D eigenvalue weighted by Gasteiger charge is -2.44. The molecule has 2 heterocycles. The van der Waals surface area contributed by atoms with Crippen LogP contribution in [0.15, 0.2) is 6.30 Å². The summed E-state index contributed by atoms with van der Waals surface area (Å²) in [5.41, 5.74) is 5.51. The molecule has 1 aromatic heterocycles. The fourth-order valence-electron chi connectivity index (χ4n) is 3.66. The number of imidazole rings is 1. The predicted molar refractivity (Wildman–Crippen MR) is 170 cm³/mol. The fourth-order valence-corrected chi connectivity index (χ4v) is 7.27. The highest BCUT2D eigenvalue weighted by atomic mass is 28.4. The van der Waals surface area contributed by atoms with Crippen LogP contribution in [0, 0.1) is 12.3 Å². The lowest BCUT2D eigenvalue weighted by Crippen LogP contribution is -2.54. The van der Waals surface area contributed by atoms with Crippen molar-refractivity contribution in [3.63, 3.8) is 0 Å². The summed E-state index contributed by atoms with van der Waals surface area (Å²) in [4.78, 5) is 16.4. The fraction of sp³-hybridized carbons (Fsp3) is 0.793. The first-order valence-corrected chi connectivity index (χ1v) is 22.9. The minimum Gasteiger partial charge on any atom is -0.414 e. The molecule has 40 heavy (non-hydrogen) atoms. The first-order chi connectivity index (χ1) is 18.7. The Morgan fingerprint density at radius 1 is 1.00 bits per heavy atom. The Labute approximate surface area is 249 Å². The van der Waals surface area contributed by atoms with Gasteiger partial charge in [0.15, 0.2) is 36.9 Å². The van der Waals surface area contributed by atoms with Crippen molar-refractivity contribution in [1.29, 1.82) is 0 Å². The Kier molecular flexibility index (Phi) is 9.05. The molecule has 1 aliphatic rings. The molecule has 1 aromatic rings. The number of carbonyl (C=O) groups excluding carboxylic acids is 1. The van der Waals surface area contributed by atoms with Gasteiger partial charge in [-0.25, -0.2) is 4.98 Å². The van der Waals surface area contributed by atoms with Crippen LogP contribution in [-0.4, -0.2) is 65.3 Å². The van der Waals surface area contributed by atoms with Crippen LogP contribution in [0.2, 0.25) is 54.4 Å². The zero-order valence-electron chi connectivity index (χ0n) is 29.5. The maximum absolute atomic E-state index is 12.3. The highest BCUT2D eigenvalue weighted by molar-refractivity contribution is 6.75. The van der Waals surface area contributed by atoms with Crippen LogP contribution in [0.25, 0.3) is 0 Å². The largest absolute Gasteiger partial charge is 0.414 e. The van der Waals surface area contributed by atoms with Crippen LogP contribution in [0.4, 0.5) is 0 Å². The van der Waals surface area contributed by atoms with E-state index in [9.17, 15) is 4.79 Å². The Morgan fingerprint density at radius 2 is 1.48 bits per heavy atom. The molecule has 0 saturated carbocycles. The molecule has 0 unspecified atom stereocenters. The standard InChI is InChI=1S/C29H55N3O5Si3/c1-17-20-22(25(30)33)31-19-32(20)26-24(37-40(15,16)29(8,9)10)23(36-39(13,14)28(5,6)7)21(35-26)18-34-38(11,12)27(2,3)4/h1,19,21,23-24,26H,18H2,2-16H3,(H2,30,33)/t21-,23-,24-,26-/m1/s1/i1D,19D. The second-order valence-electron chi connectivity index (χ2n) is 15.6. The van der Waals surface area contributed by atoms with Gasteiger partial charge in [-0.05, 0) is 60.3 Å². The molecule has 0 bridgehead atoms. The van der Waals surface area contributed by atoms with E-state index >= 15 is 0 Å². The summed E-state index contributed by atoms with van der Waals surface area (Å²) in [5.74, 6) is 1.80. The molecule has 1 fully saturated rings. The minimum atomic E-state index is -2.43. The van der Waals surface area contributed by atoms with E-state index in [4.69, 9.17) is 26.5 Å². The van der Waals surface area contributed by atoms with Gasteiger partial charge in [0.25, 0.3) is 5.91 Å². The van der Waals surface area contributed by atoms with Gasteiger partial charge in [0.05, 0.1) is 12.9 Å². The zero-order chi connectivity index (χ0) is 32.9. The third-order valence-electron chi connectivity index (χ3n) is 9.51. The quantitative estimate of drug-likeness (QED) is 0.248. The summed E-state index contributed by atoms with van der Waals surface area (Å²) in [5, 5.41) is -0.229. The zero-order valence-corrected chi connectivity index (χ0v) is 30.5. The van der Waals surface area contributed by atoms with Crippen molar-refractivity contribution in [3.05, 3.63) is 17.7 Å². The third kappa shape index (κ3) is 7.20. The maximum atomic E-state index is 12.3. The summed E-state index contributed by atoms with van der Waals surface area (Å²) in [6.07, 6.45) is -0.739. The Hall–Kier alpha value is -1.27. The van der Waals surface area contributed by atoms with Crippen LogP contribution in [0.3, 0.4) is 0 Å². The smallest absolute Gasteiger partial charge is 0.270 e. The van der Waals surface area contributed by atoms with E-state index in [1.807, 2.05) is 0 Å². The van der Waals surface area contributed by atoms with Crippen molar-refractivity contribution in [3.8, 4) is 12.3 Å². The van der Waals surface area contributed by atoms with Crippen LogP contribution < -0.4 is 5.73 Å². The van der Waals surface area contributed by atoms with Gasteiger partial charge in [0.2, 0.25) is 0 Å². The van der Waals surface area contributed by atoms with Crippen LogP contribution in [-0.2, 0) is 18.0 Å². The molecule has 0 aromatic carbocycles. The minimum absolute atomic E-state index is 0.0101. The molecule has 2 rings (SSSR count). The van der Waals surface area contributed by atoms with Gasteiger partial charge < -0.3 is 23.7 Å². The summed E-state index contributed by atoms with van der Waals surface area (Å²) < 4.78 is 45.5. The van der Waals surface area contributed by atoms with Crippen LogP contribution in [0.5, 0.6) is 0 Å². The molecule has 4 atom stereocenters. The van der Waals surface area contributed by atoms with E-state index in [1.165, 1.54) is 4.57 Å². The van der Waals surface area contributed by atoms with E-state index in [0.717, 1.165) is 0 Å². The van der Waals surface area contributed by atoms with Crippen molar-refractivity contribution in [2.45, 2.75) is 141 Å². The van der Waals surface area contributed by atoms with Gasteiger partial charge in [-0.15, -0.1) is 6.40 Å². The van der Waals surface area contributed by atoms with Crippen molar-refractivity contribution >= 4 is 30.9 Å². The molecular weight excluding hydrogens is 555 g/mol. The van der Waals surface area contributed by atoms with E-state index in [2.05, 4.69) is 119 Å². The number of rotatable bonds is 9. The molecule has 1 saturated heterocycles. The number of nitrogens with two attached hydrogens (primary N) is 1. The number of hydrogen-bond acceptors (Lipinski definition) is 6. The van der Waals surface area contributed by atoms with Crippen molar-refractivity contribution in [2.75, 3.05) is 6.61 Å². The third-order valence-corrected chi connectivity index (χ3v) is 23.0. The normalized spacial score (nSPS) is 23.9. The van der Waals surface area contributed by atoms with Gasteiger partial charge in [0, 0.05) is 0 Å². The Balaban J connectivity index is 2.81. The molecule has 1 aliphatic heterocycles. The topological polar surface area (TPSA) is 97.8 Å². The number of ether oxygens (including phenoxy) is 1. The van der Waals surface area contributed by atoms with Crippen LogP contribution >= 0.6 is 0 Å². The molecule has 0 radical (unpaired) electrons. The Bertz CT molecular complexity index is 1200. The number of amides is 1. The SMILES string of the molecule is [2H]C#Cc1c(C(N)=O)nc([2H])n1[C@@H]1O[C@H](CO[Si](C)(C)C(C)(C)C)[C@@H](O[Si](C)(C)C(C)(C)C)[C@H]1O[Si](C)(C)C(C)(C)C.